The van der Waals surface area contributed by atoms with Crippen LogP contribution in [0.4, 0.5) is 13.2 Å². The highest BCUT2D eigenvalue weighted by atomic mass is 35.5. The zero-order valence-corrected chi connectivity index (χ0v) is 16.6. The Morgan fingerprint density at radius 1 is 1.20 bits per heavy atom. The van der Waals surface area contributed by atoms with Crippen molar-refractivity contribution in [2.24, 2.45) is 5.73 Å². The molecule has 8 nitrogen and oxygen atoms in total. The van der Waals surface area contributed by atoms with Gasteiger partial charge in [0.15, 0.2) is 0 Å². The molecule has 0 aliphatic carbocycles. The third kappa shape index (κ3) is 8.91. The molecule has 13 heteroatoms. The number of aliphatic hydroxyl groups excluding tert-OH is 1. The first-order chi connectivity index (χ1) is 13.9. The number of amides is 1. The molecule has 1 heterocycles. The fourth-order valence-electron chi connectivity index (χ4n) is 2.00. The largest absolute Gasteiger partial charge is 0.490 e. The Bertz CT molecular complexity index is 857. The molecular formula is C17H17Cl2F3N4O4. The molecule has 2 aromatic rings. The number of carbonyl (C=O) groups excluding carboxylic acids is 1. The van der Waals surface area contributed by atoms with Gasteiger partial charge in [0.2, 0.25) is 5.91 Å². The van der Waals surface area contributed by atoms with E-state index in [1.165, 1.54) is 12.3 Å². The molecule has 30 heavy (non-hydrogen) atoms. The number of aliphatic hydroxyl groups is 1. The van der Waals surface area contributed by atoms with E-state index in [0.717, 1.165) is 5.56 Å². The van der Waals surface area contributed by atoms with Crippen LogP contribution >= 0.6 is 23.2 Å². The molecule has 0 radical (unpaired) electrons. The number of carbonyl (C=O) groups is 2. The standard InChI is InChI=1S/C15H16Cl2N4O2.C2HF3O2/c16-10-1-2-11(12(17)6-10)14(22)8-19-15(23)13(18)5-9-3-4-20-21-7-9;3-2(4,5)1(6)7/h1-4,6-7,13-14,22H,5,8,18H2,(H,19,23);(H,6,7). The van der Waals surface area contributed by atoms with Crippen molar-refractivity contribution in [2.45, 2.75) is 24.7 Å². The summed E-state index contributed by atoms with van der Waals surface area (Å²) < 4.78 is 31.7. The number of carboxylic acids is 1. The Hall–Kier alpha value is -2.47. The summed E-state index contributed by atoms with van der Waals surface area (Å²) >= 11 is 11.8. The van der Waals surface area contributed by atoms with Gasteiger partial charge in [0.05, 0.1) is 18.3 Å². The van der Waals surface area contributed by atoms with Crippen molar-refractivity contribution in [2.75, 3.05) is 6.54 Å². The third-order valence-electron chi connectivity index (χ3n) is 3.47. The average molecular weight is 469 g/mol. The number of hydrogen-bond donors (Lipinski definition) is 4. The Morgan fingerprint density at radius 3 is 2.33 bits per heavy atom. The van der Waals surface area contributed by atoms with Crippen LogP contribution < -0.4 is 11.1 Å². The molecule has 0 aliphatic heterocycles. The SMILES string of the molecule is NC(Cc1ccnnc1)C(=O)NCC(O)c1ccc(Cl)cc1Cl.O=C(O)C(F)(F)F. The molecule has 5 N–H and O–H groups in total. The van der Waals surface area contributed by atoms with E-state index in [4.69, 9.17) is 38.8 Å². The summed E-state index contributed by atoms with van der Waals surface area (Å²) in [7, 11) is 0. The van der Waals surface area contributed by atoms with Crippen molar-refractivity contribution in [3.63, 3.8) is 0 Å². The molecule has 1 amide bonds. The van der Waals surface area contributed by atoms with Crippen molar-refractivity contribution in [3.8, 4) is 0 Å². The molecule has 0 bridgehead atoms. The third-order valence-corrected chi connectivity index (χ3v) is 4.03. The van der Waals surface area contributed by atoms with Crippen molar-refractivity contribution in [1.29, 1.82) is 0 Å². The van der Waals surface area contributed by atoms with Crippen LogP contribution in [0.5, 0.6) is 0 Å². The second-order valence-corrected chi connectivity index (χ2v) is 6.63. The van der Waals surface area contributed by atoms with Gasteiger partial charge in [-0.3, -0.25) is 4.79 Å². The first kappa shape index (κ1) is 25.6. The smallest absolute Gasteiger partial charge is 0.475 e. The van der Waals surface area contributed by atoms with Crippen molar-refractivity contribution in [1.82, 2.24) is 15.5 Å². The molecule has 164 valence electrons. The maximum Gasteiger partial charge on any atom is 0.490 e. The minimum atomic E-state index is -5.08. The molecule has 0 saturated heterocycles. The van der Waals surface area contributed by atoms with Gasteiger partial charge in [-0.15, -0.1) is 0 Å². The molecule has 0 aliphatic rings. The highest BCUT2D eigenvalue weighted by molar-refractivity contribution is 6.35. The van der Waals surface area contributed by atoms with Crippen LogP contribution in [0.3, 0.4) is 0 Å². The maximum absolute atomic E-state index is 12.0. The normalized spacial score (nSPS) is 12.9. The number of benzene rings is 1. The maximum atomic E-state index is 12.0. The lowest BCUT2D eigenvalue weighted by atomic mass is 10.1. The quantitative estimate of drug-likeness (QED) is 0.509. The number of nitrogens with zero attached hydrogens (tertiary/aromatic N) is 2. The molecule has 0 saturated carbocycles. The fourth-order valence-corrected chi connectivity index (χ4v) is 2.53. The first-order valence-electron chi connectivity index (χ1n) is 8.13. The van der Waals surface area contributed by atoms with E-state index in [1.54, 1.807) is 24.4 Å². The summed E-state index contributed by atoms with van der Waals surface area (Å²) in [6.45, 7) is 0.00246. The minimum absolute atomic E-state index is 0.00246. The van der Waals surface area contributed by atoms with Crippen molar-refractivity contribution in [3.05, 3.63) is 57.8 Å². The van der Waals surface area contributed by atoms with Crippen LogP contribution in [0, 0.1) is 0 Å². The lowest BCUT2D eigenvalue weighted by Crippen LogP contribution is -2.43. The predicted octanol–water partition coefficient (Wildman–Crippen LogP) is 2.14. The summed E-state index contributed by atoms with van der Waals surface area (Å²) in [5.74, 6) is -3.13. The molecule has 0 fully saturated rings. The van der Waals surface area contributed by atoms with E-state index in [0.29, 0.717) is 22.0 Å². The zero-order chi connectivity index (χ0) is 22.9. The molecule has 2 rings (SSSR count). The molecule has 1 aromatic heterocycles. The van der Waals surface area contributed by atoms with E-state index in [9.17, 15) is 23.1 Å². The predicted molar refractivity (Wildman–Crippen MR) is 102 cm³/mol. The number of carboxylic acid groups (broad SMARTS) is 1. The van der Waals surface area contributed by atoms with E-state index in [1.807, 2.05) is 0 Å². The number of aliphatic carboxylic acids is 1. The Morgan fingerprint density at radius 2 is 1.83 bits per heavy atom. The number of hydrogen-bond acceptors (Lipinski definition) is 6. The van der Waals surface area contributed by atoms with Crippen LogP contribution in [0.2, 0.25) is 10.0 Å². The lowest BCUT2D eigenvalue weighted by molar-refractivity contribution is -0.192. The number of rotatable bonds is 6. The van der Waals surface area contributed by atoms with Gasteiger partial charge in [-0.1, -0.05) is 29.3 Å². The summed E-state index contributed by atoms with van der Waals surface area (Å²) in [6, 6.07) is 5.76. The topological polar surface area (TPSA) is 138 Å². The van der Waals surface area contributed by atoms with Crippen molar-refractivity contribution >= 4 is 35.1 Å². The number of alkyl halides is 3. The summed E-state index contributed by atoms with van der Waals surface area (Å²) in [6.07, 6.45) is -2.61. The summed E-state index contributed by atoms with van der Waals surface area (Å²) in [5, 5.41) is 28.0. The Labute approximate surface area is 178 Å². The van der Waals surface area contributed by atoms with E-state index >= 15 is 0 Å². The van der Waals surface area contributed by atoms with Gasteiger partial charge >= 0.3 is 12.1 Å². The van der Waals surface area contributed by atoms with Gasteiger partial charge in [-0.05, 0) is 30.2 Å². The van der Waals surface area contributed by atoms with Crippen LogP contribution in [0.25, 0.3) is 0 Å². The lowest BCUT2D eigenvalue weighted by Gasteiger charge is -2.16. The summed E-state index contributed by atoms with van der Waals surface area (Å²) in [5.41, 5.74) is 7.14. The van der Waals surface area contributed by atoms with Crippen LogP contribution in [0.15, 0.2) is 36.7 Å². The number of nitrogens with two attached hydrogens (primary N) is 1. The average Bonchev–Trinajstić information content (AvgIpc) is 2.66. The summed E-state index contributed by atoms with van der Waals surface area (Å²) in [4.78, 5) is 20.9. The van der Waals surface area contributed by atoms with Gasteiger partial charge in [0.1, 0.15) is 0 Å². The van der Waals surface area contributed by atoms with Gasteiger partial charge in [0.25, 0.3) is 0 Å². The van der Waals surface area contributed by atoms with E-state index in [-0.39, 0.29) is 12.5 Å². The molecule has 1 aromatic carbocycles. The number of nitrogens with one attached hydrogen (secondary N) is 1. The van der Waals surface area contributed by atoms with Crippen LogP contribution in [-0.4, -0.2) is 51.0 Å². The highest BCUT2D eigenvalue weighted by Crippen LogP contribution is 2.25. The minimum Gasteiger partial charge on any atom is -0.475 e. The monoisotopic (exact) mass is 468 g/mol. The van der Waals surface area contributed by atoms with Crippen LogP contribution in [0.1, 0.15) is 17.2 Å². The second kappa shape index (κ2) is 11.6. The molecule has 0 spiro atoms. The zero-order valence-electron chi connectivity index (χ0n) is 15.1. The Kier molecular flexibility index (Phi) is 9.93. The number of aromatic nitrogens is 2. The van der Waals surface area contributed by atoms with Gasteiger partial charge in [0, 0.05) is 28.4 Å². The van der Waals surface area contributed by atoms with Crippen LogP contribution in [-0.2, 0) is 16.0 Å². The second-order valence-electron chi connectivity index (χ2n) is 5.79. The van der Waals surface area contributed by atoms with E-state index < -0.39 is 24.3 Å². The van der Waals surface area contributed by atoms with Gasteiger partial charge in [-0.25, -0.2) is 4.79 Å². The van der Waals surface area contributed by atoms with Crippen molar-refractivity contribution < 1.29 is 33.0 Å². The fraction of sp³-hybridized carbons (Fsp3) is 0.294. The highest BCUT2D eigenvalue weighted by Gasteiger charge is 2.38. The molecular weight excluding hydrogens is 452 g/mol. The molecule has 2 atom stereocenters. The van der Waals surface area contributed by atoms with E-state index in [2.05, 4.69) is 15.5 Å². The van der Waals surface area contributed by atoms with Gasteiger partial charge < -0.3 is 21.3 Å². The molecule has 2 unspecified atom stereocenters. The first-order valence-corrected chi connectivity index (χ1v) is 8.89. The number of halogens is 5. The van der Waals surface area contributed by atoms with Gasteiger partial charge in [-0.2, -0.15) is 23.4 Å². The Balaban J connectivity index is 0.000000553.